The van der Waals surface area contributed by atoms with E-state index in [-0.39, 0.29) is 5.91 Å². The number of unbranched alkanes of at least 4 members (excludes halogenated alkanes) is 2. The zero-order chi connectivity index (χ0) is 14.2. The fourth-order valence-corrected chi connectivity index (χ4v) is 2.48. The third kappa shape index (κ3) is 4.28. The summed E-state index contributed by atoms with van der Waals surface area (Å²) in [6.45, 7) is 5.42. The van der Waals surface area contributed by atoms with Gasteiger partial charge in [0.2, 0.25) is 0 Å². The second-order valence-corrected chi connectivity index (χ2v) is 5.20. The van der Waals surface area contributed by atoms with Gasteiger partial charge in [-0.25, -0.2) is 0 Å². The molecule has 0 radical (unpaired) electrons. The van der Waals surface area contributed by atoms with E-state index in [1.54, 1.807) is 12.3 Å². The van der Waals surface area contributed by atoms with E-state index in [9.17, 15) is 4.79 Å². The molecule has 2 N–H and O–H groups in total. The van der Waals surface area contributed by atoms with Crippen LogP contribution in [0.25, 0.3) is 0 Å². The van der Waals surface area contributed by atoms with E-state index >= 15 is 0 Å². The van der Waals surface area contributed by atoms with Crippen molar-refractivity contribution >= 4 is 5.91 Å². The number of amides is 1. The molecule has 0 aliphatic carbocycles. The number of carbonyl (C=O) groups is 1. The van der Waals surface area contributed by atoms with E-state index in [0.29, 0.717) is 5.69 Å². The molecule has 1 aliphatic rings. The molecule has 0 bridgehead atoms. The van der Waals surface area contributed by atoms with Crippen molar-refractivity contribution < 1.29 is 4.79 Å². The third-order valence-corrected chi connectivity index (χ3v) is 3.72. The SMILES string of the molecule is NCCCCCN1CCN(C(=O)c2ccccn2)CC1. The predicted molar refractivity (Wildman–Crippen MR) is 79.5 cm³/mol. The Labute approximate surface area is 120 Å². The number of piperazine rings is 1. The molecule has 0 unspecified atom stereocenters. The highest BCUT2D eigenvalue weighted by atomic mass is 16.2. The number of aromatic nitrogens is 1. The lowest BCUT2D eigenvalue weighted by atomic mass is 10.2. The first-order valence-corrected chi connectivity index (χ1v) is 7.44. The van der Waals surface area contributed by atoms with Gasteiger partial charge in [-0.05, 0) is 38.1 Å². The quantitative estimate of drug-likeness (QED) is 0.786. The maximum Gasteiger partial charge on any atom is 0.272 e. The number of rotatable bonds is 6. The summed E-state index contributed by atoms with van der Waals surface area (Å²) in [7, 11) is 0. The summed E-state index contributed by atoms with van der Waals surface area (Å²) >= 11 is 0. The molecule has 0 aromatic carbocycles. The lowest BCUT2D eigenvalue weighted by Gasteiger charge is -2.34. The van der Waals surface area contributed by atoms with Crippen LogP contribution in [0.4, 0.5) is 0 Å². The highest BCUT2D eigenvalue weighted by Gasteiger charge is 2.22. The minimum Gasteiger partial charge on any atom is -0.335 e. The minimum absolute atomic E-state index is 0.0494. The molecule has 1 aromatic rings. The highest BCUT2D eigenvalue weighted by Crippen LogP contribution is 2.08. The van der Waals surface area contributed by atoms with Gasteiger partial charge < -0.3 is 10.6 Å². The van der Waals surface area contributed by atoms with E-state index in [4.69, 9.17) is 5.73 Å². The van der Waals surface area contributed by atoms with Crippen LogP contribution in [-0.2, 0) is 0 Å². The topological polar surface area (TPSA) is 62.5 Å². The van der Waals surface area contributed by atoms with Crippen molar-refractivity contribution in [2.45, 2.75) is 19.3 Å². The van der Waals surface area contributed by atoms with Gasteiger partial charge in [-0.3, -0.25) is 14.7 Å². The summed E-state index contributed by atoms with van der Waals surface area (Å²) in [5, 5.41) is 0. The van der Waals surface area contributed by atoms with Crippen LogP contribution in [-0.4, -0.2) is 60.0 Å². The number of carbonyl (C=O) groups excluding carboxylic acids is 1. The van der Waals surface area contributed by atoms with E-state index in [2.05, 4.69) is 9.88 Å². The van der Waals surface area contributed by atoms with E-state index < -0.39 is 0 Å². The molecule has 1 fully saturated rings. The molecule has 0 spiro atoms. The highest BCUT2D eigenvalue weighted by molar-refractivity contribution is 5.92. The smallest absolute Gasteiger partial charge is 0.272 e. The van der Waals surface area contributed by atoms with Crippen LogP contribution in [0.1, 0.15) is 29.8 Å². The third-order valence-electron chi connectivity index (χ3n) is 3.72. The monoisotopic (exact) mass is 276 g/mol. The van der Waals surface area contributed by atoms with Crippen LogP contribution in [0.15, 0.2) is 24.4 Å². The van der Waals surface area contributed by atoms with Crippen molar-refractivity contribution in [2.75, 3.05) is 39.3 Å². The van der Waals surface area contributed by atoms with E-state index in [1.807, 2.05) is 17.0 Å². The maximum atomic E-state index is 12.2. The van der Waals surface area contributed by atoms with Crippen LogP contribution < -0.4 is 5.73 Å². The van der Waals surface area contributed by atoms with Gasteiger partial charge in [0.1, 0.15) is 5.69 Å². The Morgan fingerprint density at radius 1 is 1.15 bits per heavy atom. The van der Waals surface area contributed by atoms with Gasteiger partial charge in [0.25, 0.3) is 5.91 Å². The molecule has 0 atom stereocenters. The van der Waals surface area contributed by atoms with Crippen LogP contribution in [0.5, 0.6) is 0 Å². The fourth-order valence-electron chi connectivity index (χ4n) is 2.48. The standard InChI is InChI=1S/C15H24N4O/c16-7-3-1-5-9-18-10-12-19(13-11-18)15(20)14-6-2-4-8-17-14/h2,4,6,8H,1,3,5,7,9-13,16H2. The Morgan fingerprint density at radius 2 is 1.95 bits per heavy atom. The summed E-state index contributed by atoms with van der Waals surface area (Å²) in [6, 6.07) is 5.46. The molecular weight excluding hydrogens is 252 g/mol. The maximum absolute atomic E-state index is 12.2. The van der Waals surface area contributed by atoms with Crippen LogP contribution in [0.3, 0.4) is 0 Å². The summed E-state index contributed by atoms with van der Waals surface area (Å²) in [5.41, 5.74) is 6.04. The molecule has 1 amide bonds. The average Bonchev–Trinajstić information content (AvgIpc) is 2.52. The summed E-state index contributed by atoms with van der Waals surface area (Å²) in [5.74, 6) is 0.0494. The van der Waals surface area contributed by atoms with Crippen molar-refractivity contribution in [1.29, 1.82) is 0 Å². The molecule has 5 heteroatoms. The first-order valence-electron chi connectivity index (χ1n) is 7.44. The van der Waals surface area contributed by atoms with Crippen LogP contribution >= 0.6 is 0 Å². The van der Waals surface area contributed by atoms with Crippen molar-refractivity contribution in [2.24, 2.45) is 5.73 Å². The van der Waals surface area contributed by atoms with Crippen LogP contribution in [0, 0.1) is 0 Å². The Morgan fingerprint density at radius 3 is 2.60 bits per heavy atom. The molecule has 0 saturated carbocycles. The first-order chi connectivity index (χ1) is 9.81. The van der Waals surface area contributed by atoms with Crippen molar-refractivity contribution in [3.63, 3.8) is 0 Å². The van der Waals surface area contributed by atoms with Crippen molar-refractivity contribution in [3.05, 3.63) is 30.1 Å². The first kappa shape index (κ1) is 14.9. The Kier molecular flexibility index (Phi) is 5.95. The minimum atomic E-state index is 0.0494. The number of nitrogens with two attached hydrogens (primary N) is 1. The zero-order valence-corrected chi connectivity index (χ0v) is 12.0. The van der Waals surface area contributed by atoms with Gasteiger partial charge in [0.15, 0.2) is 0 Å². The summed E-state index contributed by atoms with van der Waals surface area (Å²) in [6.07, 6.45) is 5.17. The number of nitrogens with zero attached hydrogens (tertiary/aromatic N) is 3. The molecule has 5 nitrogen and oxygen atoms in total. The fraction of sp³-hybridized carbons (Fsp3) is 0.600. The molecule has 2 heterocycles. The van der Waals surface area contributed by atoms with Crippen molar-refractivity contribution in [1.82, 2.24) is 14.8 Å². The van der Waals surface area contributed by atoms with Crippen molar-refractivity contribution in [3.8, 4) is 0 Å². The van der Waals surface area contributed by atoms with Gasteiger partial charge in [-0.15, -0.1) is 0 Å². The number of hydrogen-bond acceptors (Lipinski definition) is 4. The largest absolute Gasteiger partial charge is 0.335 e. The van der Waals surface area contributed by atoms with E-state index in [0.717, 1.165) is 45.7 Å². The lowest BCUT2D eigenvalue weighted by molar-refractivity contribution is 0.0629. The molecule has 2 rings (SSSR count). The summed E-state index contributed by atoms with van der Waals surface area (Å²) < 4.78 is 0. The van der Waals surface area contributed by atoms with Gasteiger partial charge >= 0.3 is 0 Å². The van der Waals surface area contributed by atoms with Gasteiger partial charge in [0, 0.05) is 32.4 Å². The zero-order valence-electron chi connectivity index (χ0n) is 12.0. The average molecular weight is 276 g/mol. The number of pyridine rings is 1. The van der Waals surface area contributed by atoms with E-state index in [1.165, 1.54) is 12.8 Å². The predicted octanol–water partition coefficient (Wildman–Crippen LogP) is 0.968. The second kappa shape index (κ2) is 7.97. The normalized spacial score (nSPS) is 16.4. The molecule has 110 valence electrons. The van der Waals surface area contributed by atoms with Crippen LogP contribution in [0.2, 0.25) is 0 Å². The van der Waals surface area contributed by atoms with Gasteiger partial charge in [0.05, 0.1) is 0 Å². The molecule has 1 saturated heterocycles. The molecule has 20 heavy (non-hydrogen) atoms. The second-order valence-electron chi connectivity index (χ2n) is 5.20. The molecule has 1 aromatic heterocycles. The van der Waals surface area contributed by atoms with Gasteiger partial charge in [-0.1, -0.05) is 12.5 Å². The Bertz CT molecular complexity index is 402. The Balaban J connectivity index is 1.73. The summed E-state index contributed by atoms with van der Waals surface area (Å²) in [4.78, 5) is 20.7. The lowest BCUT2D eigenvalue weighted by Crippen LogP contribution is -2.49. The molecule has 1 aliphatic heterocycles. The molecular formula is C15H24N4O. The number of hydrogen-bond donors (Lipinski definition) is 1. The van der Waals surface area contributed by atoms with Gasteiger partial charge in [-0.2, -0.15) is 0 Å². The Hall–Kier alpha value is -1.46.